The van der Waals surface area contributed by atoms with E-state index in [1.54, 1.807) is 0 Å². The van der Waals surface area contributed by atoms with Crippen molar-refractivity contribution in [1.82, 2.24) is 0 Å². The molecule has 114 valence electrons. The largest absolute Gasteiger partial charge is 0.488 e. The van der Waals surface area contributed by atoms with E-state index >= 15 is 0 Å². The highest BCUT2D eigenvalue weighted by Crippen LogP contribution is 2.27. The summed E-state index contributed by atoms with van der Waals surface area (Å²) >= 11 is 0. The fourth-order valence-electron chi connectivity index (χ4n) is 1.70. The van der Waals surface area contributed by atoms with Crippen molar-refractivity contribution in [2.75, 3.05) is 6.61 Å². The molecular formula is C13H17ClF2O3S. The molecule has 3 nitrogen and oxygen atoms in total. The van der Waals surface area contributed by atoms with Gasteiger partial charge >= 0.3 is 0 Å². The second-order valence-electron chi connectivity index (χ2n) is 4.42. The summed E-state index contributed by atoms with van der Waals surface area (Å²) in [6, 6.07) is 1.30. The highest BCUT2D eigenvalue weighted by atomic mass is 35.7. The van der Waals surface area contributed by atoms with Crippen LogP contribution in [-0.2, 0) is 9.05 Å². The Morgan fingerprint density at radius 3 is 2.15 bits per heavy atom. The molecule has 0 heterocycles. The maximum Gasteiger partial charge on any atom is 0.261 e. The molecule has 0 aliphatic carbocycles. The van der Waals surface area contributed by atoms with Crippen LogP contribution in [0.4, 0.5) is 8.78 Å². The minimum Gasteiger partial charge on any atom is -0.488 e. The summed E-state index contributed by atoms with van der Waals surface area (Å²) < 4.78 is 54.2. The maximum atomic E-state index is 13.6. The number of ether oxygens (including phenoxy) is 1. The van der Waals surface area contributed by atoms with Crippen LogP contribution in [0.5, 0.6) is 5.75 Å². The average molecular weight is 327 g/mol. The van der Waals surface area contributed by atoms with Gasteiger partial charge in [0.1, 0.15) is 0 Å². The van der Waals surface area contributed by atoms with Gasteiger partial charge in [0.05, 0.1) is 11.5 Å². The standard InChI is InChI=1S/C13H17ClF2O3S/c1-2-3-4-5-6-7-19-13-11(15)8-10(9-12(13)16)20(14,17)18/h8-9H,2-7H2,1H3. The molecule has 0 aliphatic rings. The lowest BCUT2D eigenvalue weighted by atomic mass is 10.2. The van der Waals surface area contributed by atoms with Crippen LogP contribution in [0.3, 0.4) is 0 Å². The molecule has 0 aromatic heterocycles. The molecule has 0 fully saturated rings. The van der Waals surface area contributed by atoms with E-state index in [0.717, 1.165) is 25.7 Å². The number of benzene rings is 1. The van der Waals surface area contributed by atoms with Crippen LogP contribution in [-0.4, -0.2) is 15.0 Å². The van der Waals surface area contributed by atoms with Crippen LogP contribution >= 0.6 is 10.7 Å². The molecule has 0 spiro atoms. The first-order valence-electron chi connectivity index (χ1n) is 6.42. The average Bonchev–Trinajstić information content (AvgIpc) is 2.34. The van der Waals surface area contributed by atoms with Crippen molar-refractivity contribution in [3.63, 3.8) is 0 Å². The molecule has 0 bridgehead atoms. The summed E-state index contributed by atoms with van der Waals surface area (Å²) in [5, 5.41) is 0. The van der Waals surface area contributed by atoms with Crippen molar-refractivity contribution < 1.29 is 21.9 Å². The van der Waals surface area contributed by atoms with Gasteiger partial charge in [-0.3, -0.25) is 0 Å². The van der Waals surface area contributed by atoms with E-state index in [0.29, 0.717) is 18.6 Å². The molecule has 7 heteroatoms. The Hall–Kier alpha value is -0.880. The molecular weight excluding hydrogens is 310 g/mol. The second kappa shape index (κ2) is 7.78. The zero-order valence-corrected chi connectivity index (χ0v) is 12.7. The third kappa shape index (κ3) is 5.25. The molecule has 1 aromatic carbocycles. The topological polar surface area (TPSA) is 43.4 Å². The van der Waals surface area contributed by atoms with Gasteiger partial charge in [-0.25, -0.2) is 17.2 Å². The van der Waals surface area contributed by atoms with Crippen molar-refractivity contribution in [3.05, 3.63) is 23.8 Å². The monoisotopic (exact) mass is 326 g/mol. The summed E-state index contributed by atoms with van der Waals surface area (Å²) in [5.74, 6) is -2.71. The SMILES string of the molecule is CCCCCCCOc1c(F)cc(S(=O)(=O)Cl)cc1F. The van der Waals surface area contributed by atoms with Crippen molar-refractivity contribution in [3.8, 4) is 5.75 Å². The number of hydrogen-bond donors (Lipinski definition) is 0. The molecule has 0 saturated heterocycles. The third-order valence-electron chi connectivity index (χ3n) is 2.75. The smallest absolute Gasteiger partial charge is 0.261 e. The Balaban J connectivity index is 2.63. The quantitative estimate of drug-likeness (QED) is 0.530. The molecule has 0 N–H and O–H groups in total. The molecule has 0 aliphatic heterocycles. The van der Waals surface area contributed by atoms with Gasteiger partial charge in [-0.2, -0.15) is 0 Å². The summed E-state index contributed by atoms with van der Waals surface area (Å²) in [5.41, 5.74) is 0. The van der Waals surface area contributed by atoms with E-state index in [1.807, 2.05) is 0 Å². The second-order valence-corrected chi connectivity index (χ2v) is 6.98. The van der Waals surface area contributed by atoms with E-state index in [4.69, 9.17) is 15.4 Å². The molecule has 20 heavy (non-hydrogen) atoms. The number of rotatable bonds is 8. The lowest BCUT2D eigenvalue weighted by Gasteiger charge is -2.09. The first kappa shape index (κ1) is 17.2. The summed E-state index contributed by atoms with van der Waals surface area (Å²) in [6.07, 6.45) is 4.89. The fourth-order valence-corrected chi connectivity index (χ4v) is 2.45. The van der Waals surface area contributed by atoms with Gasteiger partial charge in [-0.15, -0.1) is 0 Å². The zero-order valence-electron chi connectivity index (χ0n) is 11.2. The van der Waals surface area contributed by atoms with Gasteiger partial charge in [0, 0.05) is 10.7 Å². The Labute approximate surface area is 122 Å². The first-order chi connectivity index (χ1) is 9.36. The summed E-state index contributed by atoms with van der Waals surface area (Å²) in [6.45, 7) is 2.28. The fraction of sp³-hybridized carbons (Fsp3) is 0.538. The lowest BCUT2D eigenvalue weighted by Crippen LogP contribution is -2.03. The first-order valence-corrected chi connectivity index (χ1v) is 8.73. The number of unbranched alkanes of at least 4 members (excludes halogenated alkanes) is 4. The Bertz CT molecular complexity index is 524. The molecule has 0 amide bonds. The number of hydrogen-bond acceptors (Lipinski definition) is 3. The van der Waals surface area contributed by atoms with Gasteiger partial charge in [0.2, 0.25) is 0 Å². The van der Waals surface area contributed by atoms with E-state index in [9.17, 15) is 17.2 Å². The van der Waals surface area contributed by atoms with Crippen LogP contribution in [0.2, 0.25) is 0 Å². The summed E-state index contributed by atoms with van der Waals surface area (Å²) in [7, 11) is 0.865. The molecule has 1 rings (SSSR count). The minimum atomic E-state index is -4.16. The van der Waals surface area contributed by atoms with Gasteiger partial charge < -0.3 is 4.74 Å². The van der Waals surface area contributed by atoms with E-state index in [-0.39, 0.29) is 6.61 Å². The summed E-state index contributed by atoms with van der Waals surface area (Å²) in [4.78, 5) is -0.621. The molecule has 0 unspecified atom stereocenters. The predicted octanol–water partition coefficient (Wildman–Crippen LogP) is 4.24. The Kier molecular flexibility index (Phi) is 6.68. The van der Waals surface area contributed by atoms with Crippen molar-refractivity contribution in [2.45, 2.75) is 43.9 Å². The van der Waals surface area contributed by atoms with E-state index in [1.165, 1.54) is 0 Å². The van der Waals surface area contributed by atoms with Crippen molar-refractivity contribution >= 4 is 19.7 Å². The third-order valence-corrected chi connectivity index (χ3v) is 4.08. The molecule has 0 atom stereocenters. The highest BCUT2D eigenvalue weighted by Gasteiger charge is 2.18. The van der Waals surface area contributed by atoms with Crippen LogP contribution in [0.25, 0.3) is 0 Å². The zero-order chi connectivity index (χ0) is 15.2. The van der Waals surface area contributed by atoms with Crippen LogP contribution in [0.1, 0.15) is 39.0 Å². The highest BCUT2D eigenvalue weighted by molar-refractivity contribution is 8.13. The normalized spacial score (nSPS) is 11.6. The lowest BCUT2D eigenvalue weighted by molar-refractivity contribution is 0.274. The van der Waals surface area contributed by atoms with Crippen LogP contribution in [0, 0.1) is 11.6 Å². The van der Waals surface area contributed by atoms with E-state index < -0.39 is 31.3 Å². The number of halogens is 3. The van der Waals surface area contributed by atoms with Crippen LogP contribution in [0.15, 0.2) is 17.0 Å². The van der Waals surface area contributed by atoms with Crippen molar-refractivity contribution in [2.24, 2.45) is 0 Å². The predicted molar refractivity (Wildman–Crippen MR) is 73.7 cm³/mol. The Morgan fingerprint density at radius 1 is 1.10 bits per heavy atom. The molecule has 0 saturated carbocycles. The molecule has 1 aromatic rings. The van der Waals surface area contributed by atoms with Gasteiger partial charge in [0.25, 0.3) is 9.05 Å². The molecule has 0 radical (unpaired) electrons. The Morgan fingerprint density at radius 2 is 1.65 bits per heavy atom. The van der Waals surface area contributed by atoms with Gasteiger partial charge in [-0.1, -0.05) is 32.6 Å². The maximum absolute atomic E-state index is 13.6. The van der Waals surface area contributed by atoms with Gasteiger partial charge in [-0.05, 0) is 18.6 Å². The van der Waals surface area contributed by atoms with Crippen molar-refractivity contribution in [1.29, 1.82) is 0 Å². The minimum absolute atomic E-state index is 0.185. The van der Waals surface area contributed by atoms with Crippen LogP contribution < -0.4 is 4.74 Å². The van der Waals surface area contributed by atoms with E-state index in [2.05, 4.69) is 6.92 Å². The van der Waals surface area contributed by atoms with Gasteiger partial charge in [0.15, 0.2) is 17.4 Å².